The fourth-order valence-corrected chi connectivity index (χ4v) is 4.90. The van der Waals surface area contributed by atoms with Crippen molar-refractivity contribution >= 4 is 34.8 Å². The summed E-state index contributed by atoms with van der Waals surface area (Å²) in [6, 6.07) is 19.6. The summed E-state index contributed by atoms with van der Waals surface area (Å²) in [5.74, 6) is -0.153. The van der Waals surface area contributed by atoms with Crippen LogP contribution in [0.3, 0.4) is 0 Å². The summed E-state index contributed by atoms with van der Waals surface area (Å²) in [5.41, 5.74) is 3.70. The average molecular weight is 544 g/mol. The Morgan fingerprint density at radius 2 is 1.68 bits per heavy atom. The van der Waals surface area contributed by atoms with Crippen molar-refractivity contribution in [2.75, 3.05) is 5.32 Å². The molecule has 4 nitrogen and oxygen atoms in total. The van der Waals surface area contributed by atoms with Gasteiger partial charge in [-0.25, -0.2) is 4.68 Å². The molecule has 0 unspecified atom stereocenters. The van der Waals surface area contributed by atoms with Gasteiger partial charge in [0.1, 0.15) is 5.82 Å². The van der Waals surface area contributed by atoms with Crippen LogP contribution in [-0.2, 0) is 6.42 Å². The van der Waals surface area contributed by atoms with Crippen LogP contribution in [0.15, 0.2) is 79.0 Å². The van der Waals surface area contributed by atoms with Gasteiger partial charge in [0, 0.05) is 12.8 Å². The van der Waals surface area contributed by atoms with Crippen LogP contribution in [0, 0.1) is 0 Å². The number of ketones is 1. The SMILES string of the molecule is O=C(CCc1ccc(-c2ccc(Cl)c(Cl)c2)cc1)c1cnn2c1N[C@@H](c1ccccc1)C[C@H]2C(F)(F)F. The van der Waals surface area contributed by atoms with Crippen molar-refractivity contribution in [3.05, 3.63) is 106 Å². The number of nitrogens with one attached hydrogen (secondary N) is 1. The van der Waals surface area contributed by atoms with Crippen LogP contribution in [0.1, 0.15) is 46.4 Å². The Bertz CT molecular complexity index is 1420. The molecule has 1 aromatic heterocycles. The van der Waals surface area contributed by atoms with Gasteiger partial charge in [-0.3, -0.25) is 4.79 Å². The second-order valence-corrected chi connectivity index (χ2v) is 9.82. The minimum Gasteiger partial charge on any atom is -0.363 e. The van der Waals surface area contributed by atoms with Crippen LogP contribution in [0.4, 0.5) is 19.0 Å². The van der Waals surface area contributed by atoms with Crippen LogP contribution in [0.5, 0.6) is 0 Å². The minimum atomic E-state index is -4.49. The summed E-state index contributed by atoms with van der Waals surface area (Å²) in [5, 5.41) is 8.04. The lowest BCUT2D eigenvalue weighted by molar-refractivity contribution is -0.173. The summed E-state index contributed by atoms with van der Waals surface area (Å²) in [7, 11) is 0. The number of aryl methyl sites for hydroxylation is 1. The molecule has 190 valence electrons. The normalized spacial score (nSPS) is 17.2. The van der Waals surface area contributed by atoms with Gasteiger partial charge in [-0.05, 0) is 40.8 Å². The van der Waals surface area contributed by atoms with E-state index in [2.05, 4.69) is 10.4 Å². The smallest absolute Gasteiger partial charge is 0.363 e. The number of nitrogens with zero attached hydrogens (tertiary/aromatic N) is 2. The molecule has 4 aromatic rings. The van der Waals surface area contributed by atoms with Gasteiger partial charge < -0.3 is 5.32 Å². The third kappa shape index (κ3) is 5.38. The van der Waals surface area contributed by atoms with Crippen molar-refractivity contribution in [2.45, 2.75) is 37.5 Å². The van der Waals surface area contributed by atoms with Crippen LogP contribution >= 0.6 is 23.2 Å². The highest BCUT2D eigenvalue weighted by molar-refractivity contribution is 6.42. The molecule has 9 heteroatoms. The molecule has 0 saturated heterocycles. The van der Waals surface area contributed by atoms with Crippen LogP contribution in [0.2, 0.25) is 10.0 Å². The summed E-state index contributed by atoms with van der Waals surface area (Å²) in [6.45, 7) is 0. The van der Waals surface area contributed by atoms with Gasteiger partial charge in [0.2, 0.25) is 0 Å². The molecule has 0 saturated carbocycles. The number of aromatic nitrogens is 2. The van der Waals surface area contributed by atoms with Crippen molar-refractivity contribution in [3.8, 4) is 11.1 Å². The number of carbonyl (C=O) groups is 1. The van der Waals surface area contributed by atoms with E-state index in [9.17, 15) is 18.0 Å². The zero-order valence-electron chi connectivity index (χ0n) is 19.5. The molecule has 2 heterocycles. The fourth-order valence-electron chi connectivity index (χ4n) is 4.60. The lowest BCUT2D eigenvalue weighted by Gasteiger charge is -2.34. The number of benzene rings is 3. The first kappa shape index (κ1) is 25.4. The Labute approximate surface area is 222 Å². The molecule has 2 atom stereocenters. The molecule has 0 aliphatic carbocycles. The number of Topliss-reactive ketones (excluding diaryl/α,β-unsaturated/α-hetero) is 1. The molecule has 3 aromatic carbocycles. The fraction of sp³-hybridized carbons (Fsp3) is 0.214. The number of hydrogen-bond donors (Lipinski definition) is 1. The van der Waals surface area contributed by atoms with E-state index >= 15 is 0 Å². The predicted octanol–water partition coefficient (Wildman–Crippen LogP) is 8.33. The van der Waals surface area contributed by atoms with E-state index in [0.29, 0.717) is 16.5 Å². The molecular formula is C28H22Cl2F3N3O. The molecule has 0 radical (unpaired) electrons. The summed E-state index contributed by atoms with van der Waals surface area (Å²) in [6.07, 6.45) is -2.88. The molecular weight excluding hydrogens is 522 g/mol. The molecule has 5 rings (SSSR count). The number of anilines is 1. The van der Waals surface area contributed by atoms with Crippen molar-refractivity contribution in [1.29, 1.82) is 0 Å². The van der Waals surface area contributed by atoms with Crippen LogP contribution < -0.4 is 5.32 Å². The second kappa shape index (κ2) is 10.2. The number of alkyl halides is 3. The Morgan fingerprint density at radius 3 is 2.35 bits per heavy atom. The lowest BCUT2D eigenvalue weighted by atomic mass is 9.96. The highest BCUT2D eigenvalue weighted by atomic mass is 35.5. The first-order chi connectivity index (χ1) is 17.7. The van der Waals surface area contributed by atoms with Gasteiger partial charge in [0.05, 0.1) is 27.8 Å². The van der Waals surface area contributed by atoms with Crippen LogP contribution in [0.25, 0.3) is 11.1 Å². The highest BCUT2D eigenvalue weighted by Gasteiger charge is 2.47. The van der Waals surface area contributed by atoms with E-state index in [1.165, 1.54) is 6.20 Å². The summed E-state index contributed by atoms with van der Waals surface area (Å²) in [4.78, 5) is 13.1. The second-order valence-electron chi connectivity index (χ2n) is 9.00. The molecule has 0 spiro atoms. The maximum Gasteiger partial charge on any atom is 0.410 e. The van der Waals surface area contributed by atoms with Gasteiger partial charge in [0.15, 0.2) is 11.8 Å². The monoisotopic (exact) mass is 543 g/mol. The van der Waals surface area contributed by atoms with E-state index in [1.807, 2.05) is 36.4 Å². The topological polar surface area (TPSA) is 46.9 Å². The number of halogens is 5. The third-order valence-corrected chi connectivity index (χ3v) is 7.33. The van der Waals surface area contributed by atoms with E-state index in [-0.39, 0.29) is 30.0 Å². The number of carbonyl (C=O) groups excluding carboxylic acids is 1. The third-order valence-electron chi connectivity index (χ3n) is 6.59. The maximum absolute atomic E-state index is 13.9. The van der Waals surface area contributed by atoms with Crippen molar-refractivity contribution in [1.82, 2.24) is 9.78 Å². The molecule has 0 amide bonds. The quantitative estimate of drug-likeness (QED) is 0.248. The zero-order chi connectivity index (χ0) is 26.2. The molecule has 0 bridgehead atoms. The summed E-state index contributed by atoms with van der Waals surface area (Å²) >= 11 is 12.1. The Balaban J connectivity index is 1.33. The lowest BCUT2D eigenvalue weighted by Crippen LogP contribution is -2.36. The minimum absolute atomic E-state index is 0.113. The van der Waals surface area contributed by atoms with E-state index in [1.54, 1.807) is 36.4 Å². The van der Waals surface area contributed by atoms with E-state index in [4.69, 9.17) is 23.2 Å². The Hall–Kier alpha value is -3.29. The standard InChI is InChI=1S/C28H22Cl2F3N3O/c29-22-12-11-20(14-23(22)30)18-9-6-17(7-10-18)8-13-25(37)21-16-34-36-26(28(31,32)33)15-24(35-27(21)36)19-4-2-1-3-5-19/h1-7,9-12,14,16,24,26,35H,8,13,15H2/t24-,26+/m1/s1. The predicted molar refractivity (Wildman–Crippen MR) is 139 cm³/mol. The molecule has 37 heavy (non-hydrogen) atoms. The van der Waals surface area contributed by atoms with Gasteiger partial charge in [-0.15, -0.1) is 0 Å². The largest absolute Gasteiger partial charge is 0.410 e. The van der Waals surface area contributed by atoms with E-state index in [0.717, 1.165) is 26.9 Å². The maximum atomic E-state index is 13.9. The first-order valence-electron chi connectivity index (χ1n) is 11.7. The highest BCUT2D eigenvalue weighted by Crippen LogP contribution is 2.44. The summed E-state index contributed by atoms with van der Waals surface area (Å²) < 4.78 is 42.6. The van der Waals surface area contributed by atoms with Gasteiger partial charge in [-0.1, -0.05) is 83.9 Å². The number of fused-ring (bicyclic) bond motifs is 1. The molecule has 0 fully saturated rings. The van der Waals surface area contributed by atoms with Gasteiger partial charge in [0.25, 0.3) is 0 Å². The van der Waals surface area contributed by atoms with E-state index < -0.39 is 18.3 Å². The zero-order valence-corrected chi connectivity index (χ0v) is 21.0. The van der Waals surface area contributed by atoms with Gasteiger partial charge in [-0.2, -0.15) is 18.3 Å². The van der Waals surface area contributed by atoms with Crippen molar-refractivity contribution in [2.24, 2.45) is 0 Å². The number of hydrogen-bond acceptors (Lipinski definition) is 3. The van der Waals surface area contributed by atoms with Crippen LogP contribution in [-0.4, -0.2) is 21.7 Å². The first-order valence-corrected chi connectivity index (χ1v) is 12.5. The Morgan fingerprint density at radius 1 is 0.973 bits per heavy atom. The van der Waals surface area contributed by atoms with Crippen molar-refractivity contribution < 1.29 is 18.0 Å². The molecule has 1 N–H and O–H groups in total. The average Bonchev–Trinajstić information content (AvgIpc) is 3.32. The molecule has 1 aliphatic rings. The van der Waals surface area contributed by atoms with Crippen molar-refractivity contribution in [3.63, 3.8) is 0 Å². The Kier molecular flexibility index (Phi) is 7.01. The number of rotatable bonds is 6. The molecule has 1 aliphatic heterocycles. The van der Waals surface area contributed by atoms with Gasteiger partial charge >= 0.3 is 6.18 Å².